The van der Waals surface area contributed by atoms with Gasteiger partial charge in [-0.05, 0) is 19.4 Å². The van der Waals surface area contributed by atoms with E-state index in [2.05, 4.69) is 10.2 Å². The Bertz CT molecular complexity index is 134. The predicted molar refractivity (Wildman–Crippen MR) is 55.5 cm³/mol. The molecule has 0 aromatic heterocycles. The van der Waals surface area contributed by atoms with Crippen LogP contribution in [0, 0.1) is 0 Å². The number of ether oxygens (including phenoxy) is 1. The van der Waals surface area contributed by atoms with Crippen molar-refractivity contribution in [3.05, 3.63) is 0 Å². The number of halogens is 1. The molecule has 13 heavy (non-hydrogen) atoms. The Kier molecular flexibility index (Phi) is 5.02. The van der Waals surface area contributed by atoms with Gasteiger partial charge in [-0.25, -0.2) is 0 Å². The Morgan fingerprint density at radius 3 is 2.69 bits per heavy atom. The number of rotatable bonds is 2. The summed E-state index contributed by atoms with van der Waals surface area (Å²) >= 11 is 0. The molecule has 2 aliphatic rings. The van der Waals surface area contributed by atoms with Crippen LogP contribution in [0.15, 0.2) is 0 Å². The maximum absolute atomic E-state index is 5.30. The monoisotopic (exact) mass is 206 g/mol. The van der Waals surface area contributed by atoms with Crippen LogP contribution in [-0.2, 0) is 4.74 Å². The maximum atomic E-state index is 5.30. The molecule has 0 amide bonds. The Balaban J connectivity index is 0.000000845. The van der Waals surface area contributed by atoms with Gasteiger partial charge in [0.2, 0.25) is 0 Å². The van der Waals surface area contributed by atoms with Crippen LogP contribution >= 0.6 is 12.4 Å². The summed E-state index contributed by atoms with van der Waals surface area (Å²) in [5.74, 6) is 0. The van der Waals surface area contributed by atoms with Crippen LogP contribution in [0.1, 0.15) is 12.8 Å². The highest BCUT2D eigenvalue weighted by molar-refractivity contribution is 5.85. The quantitative estimate of drug-likeness (QED) is 0.712. The normalized spacial score (nSPS) is 30.0. The summed E-state index contributed by atoms with van der Waals surface area (Å²) in [6.45, 7) is 6.54. The van der Waals surface area contributed by atoms with Gasteiger partial charge in [-0.1, -0.05) is 0 Å². The molecule has 2 heterocycles. The third kappa shape index (κ3) is 3.43. The molecule has 1 atom stereocenters. The van der Waals surface area contributed by atoms with Gasteiger partial charge in [-0.2, -0.15) is 0 Å². The van der Waals surface area contributed by atoms with E-state index >= 15 is 0 Å². The molecule has 2 saturated heterocycles. The molecule has 0 bridgehead atoms. The van der Waals surface area contributed by atoms with E-state index in [0.717, 1.165) is 32.3 Å². The Morgan fingerprint density at radius 2 is 2.08 bits per heavy atom. The molecule has 0 spiro atoms. The lowest BCUT2D eigenvalue weighted by atomic mass is 10.2. The molecule has 0 aromatic carbocycles. The summed E-state index contributed by atoms with van der Waals surface area (Å²) in [6, 6.07) is 0.753. The van der Waals surface area contributed by atoms with Crippen LogP contribution in [0.5, 0.6) is 0 Å². The molecule has 0 unspecified atom stereocenters. The van der Waals surface area contributed by atoms with Crippen molar-refractivity contribution in [2.24, 2.45) is 0 Å². The highest BCUT2D eigenvalue weighted by atomic mass is 35.5. The van der Waals surface area contributed by atoms with Gasteiger partial charge >= 0.3 is 0 Å². The molecule has 4 heteroatoms. The minimum absolute atomic E-state index is 0. The van der Waals surface area contributed by atoms with Crippen LogP contribution in [0.4, 0.5) is 0 Å². The lowest BCUT2D eigenvalue weighted by Crippen LogP contribution is -2.43. The maximum Gasteiger partial charge on any atom is 0.0594 e. The van der Waals surface area contributed by atoms with E-state index in [1.807, 2.05) is 0 Å². The standard InChI is InChI=1S/C9H18N2O.ClH/c1-2-9(10-3-1)8-11-4-6-12-7-5-11;/h9-10H,1-8H2;1H/t9-;/m0./s1. The summed E-state index contributed by atoms with van der Waals surface area (Å²) in [4.78, 5) is 2.51. The van der Waals surface area contributed by atoms with Gasteiger partial charge in [0.1, 0.15) is 0 Å². The molecule has 2 fully saturated rings. The van der Waals surface area contributed by atoms with Crippen LogP contribution in [0.25, 0.3) is 0 Å². The van der Waals surface area contributed by atoms with Crippen molar-refractivity contribution >= 4 is 12.4 Å². The zero-order chi connectivity index (χ0) is 8.23. The molecule has 2 rings (SSSR count). The molecule has 2 aliphatic heterocycles. The predicted octanol–water partition coefficient (Wildman–Crippen LogP) is 0.492. The van der Waals surface area contributed by atoms with E-state index in [1.165, 1.54) is 25.9 Å². The molecule has 0 aromatic rings. The van der Waals surface area contributed by atoms with Crippen molar-refractivity contribution in [2.45, 2.75) is 18.9 Å². The Labute approximate surface area is 86.2 Å². The third-order valence-corrected chi connectivity index (χ3v) is 2.74. The zero-order valence-electron chi connectivity index (χ0n) is 8.00. The molecular weight excluding hydrogens is 188 g/mol. The first kappa shape index (κ1) is 11.2. The summed E-state index contributed by atoms with van der Waals surface area (Å²) in [6.07, 6.45) is 2.71. The second kappa shape index (κ2) is 5.81. The van der Waals surface area contributed by atoms with E-state index in [-0.39, 0.29) is 12.4 Å². The van der Waals surface area contributed by atoms with Gasteiger partial charge in [0, 0.05) is 25.7 Å². The van der Waals surface area contributed by atoms with E-state index in [1.54, 1.807) is 0 Å². The molecule has 0 aliphatic carbocycles. The SMILES string of the molecule is C1CN[C@H](CN2CCOCC2)C1.Cl. The molecule has 0 saturated carbocycles. The van der Waals surface area contributed by atoms with Crippen LogP contribution < -0.4 is 5.32 Å². The number of hydrogen-bond donors (Lipinski definition) is 1. The lowest BCUT2D eigenvalue weighted by molar-refractivity contribution is 0.0344. The van der Waals surface area contributed by atoms with E-state index in [0.29, 0.717) is 0 Å². The summed E-state index contributed by atoms with van der Waals surface area (Å²) in [5.41, 5.74) is 0. The van der Waals surface area contributed by atoms with Gasteiger partial charge in [-0.15, -0.1) is 12.4 Å². The smallest absolute Gasteiger partial charge is 0.0594 e. The molecule has 3 nitrogen and oxygen atoms in total. The average Bonchev–Trinajstić information content (AvgIpc) is 2.59. The van der Waals surface area contributed by atoms with Crippen LogP contribution in [0.3, 0.4) is 0 Å². The fourth-order valence-corrected chi connectivity index (χ4v) is 2.01. The van der Waals surface area contributed by atoms with Gasteiger partial charge in [0.15, 0.2) is 0 Å². The van der Waals surface area contributed by atoms with Gasteiger partial charge in [0.05, 0.1) is 13.2 Å². The Hall–Kier alpha value is 0.170. The van der Waals surface area contributed by atoms with E-state index in [4.69, 9.17) is 4.74 Å². The first-order chi connectivity index (χ1) is 5.95. The van der Waals surface area contributed by atoms with E-state index in [9.17, 15) is 0 Å². The molecule has 78 valence electrons. The van der Waals surface area contributed by atoms with E-state index < -0.39 is 0 Å². The second-order valence-corrected chi connectivity index (χ2v) is 3.71. The fraction of sp³-hybridized carbons (Fsp3) is 1.00. The Morgan fingerprint density at radius 1 is 1.31 bits per heavy atom. The molecule has 0 radical (unpaired) electrons. The summed E-state index contributed by atoms with van der Waals surface area (Å²) in [5, 5.41) is 3.52. The van der Waals surface area contributed by atoms with Gasteiger partial charge in [0.25, 0.3) is 0 Å². The van der Waals surface area contributed by atoms with Crippen molar-refractivity contribution in [1.82, 2.24) is 10.2 Å². The van der Waals surface area contributed by atoms with Crippen molar-refractivity contribution in [3.63, 3.8) is 0 Å². The third-order valence-electron chi connectivity index (χ3n) is 2.74. The van der Waals surface area contributed by atoms with Crippen molar-refractivity contribution in [2.75, 3.05) is 39.4 Å². The molecule has 1 N–H and O–H groups in total. The highest BCUT2D eigenvalue weighted by Crippen LogP contribution is 2.07. The highest BCUT2D eigenvalue weighted by Gasteiger charge is 2.18. The summed E-state index contributed by atoms with van der Waals surface area (Å²) < 4.78 is 5.30. The molecular formula is C9H19ClN2O. The average molecular weight is 207 g/mol. The first-order valence-corrected chi connectivity index (χ1v) is 4.98. The summed E-state index contributed by atoms with van der Waals surface area (Å²) in [7, 11) is 0. The van der Waals surface area contributed by atoms with Gasteiger partial charge in [-0.3, -0.25) is 4.90 Å². The van der Waals surface area contributed by atoms with Crippen molar-refractivity contribution < 1.29 is 4.74 Å². The number of morpholine rings is 1. The van der Waals surface area contributed by atoms with Crippen molar-refractivity contribution in [1.29, 1.82) is 0 Å². The fourth-order valence-electron chi connectivity index (χ4n) is 2.01. The topological polar surface area (TPSA) is 24.5 Å². The first-order valence-electron chi connectivity index (χ1n) is 4.98. The zero-order valence-corrected chi connectivity index (χ0v) is 8.81. The number of nitrogens with one attached hydrogen (secondary N) is 1. The number of hydrogen-bond acceptors (Lipinski definition) is 3. The number of nitrogens with zero attached hydrogens (tertiary/aromatic N) is 1. The van der Waals surface area contributed by atoms with Gasteiger partial charge < -0.3 is 10.1 Å². The van der Waals surface area contributed by atoms with Crippen LogP contribution in [-0.4, -0.2) is 50.3 Å². The second-order valence-electron chi connectivity index (χ2n) is 3.71. The van der Waals surface area contributed by atoms with Crippen LogP contribution in [0.2, 0.25) is 0 Å². The minimum atomic E-state index is 0. The lowest BCUT2D eigenvalue weighted by Gasteiger charge is -2.28. The minimum Gasteiger partial charge on any atom is -0.379 e. The largest absolute Gasteiger partial charge is 0.379 e. The van der Waals surface area contributed by atoms with Crippen molar-refractivity contribution in [3.8, 4) is 0 Å².